The molecule has 1 saturated heterocycles. The minimum Gasteiger partial charge on any atom is -0.444 e. The standard InChI is InChI=1S/C17H22FNO3/c1-17(2,3)22-16(21)19-10-6-7-12(11-19)15(20)13-8-4-5-9-14(13)18/h4-5,8-9,12H,6-7,10-11H2,1-3H3. The van der Waals surface area contributed by atoms with E-state index in [1.54, 1.807) is 32.9 Å². The number of carbonyl (C=O) groups excluding carboxylic acids is 2. The fourth-order valence-corrected chi connectivity index (χ4v) is 2.56. The van der Waals surface area contributed by atoms with Crippen LogP contribution in [-0.4, -0.2) is 35.5 Å². The van der Waals surface area contributed by atoms with Crippen molar-refractivity contribution < 1.29 is 18.7 Å². The average molecular weight is 307 g/mol. The lowest BCUT2D eigenvalue weighted by molar-refractivity contribution is 0.0172. The summed E-state index contributed by atoms with van der Waals surface area (Å²) < 4.78 is 19.1. The number of benzene rings is 1. The molecule has 0 saturated carbocycles. The van der Waals surface area contributed by atoms with Crippen molar-refractivity contribution in [3.8, 4) is 0 Å². The summed E-state index contributed by atoms with van der Waals surface area (Å²) in [5.74, 6) is -1.13. The van der Waals surface area contributed by atoms with Crippen molar-refractivity contribution >= 4 is 11.9 Å². The van der Waals surface area contributed by atoms with Gasteiger partial charge in [-0.05, 0) is 45.7 Å². The molecule has 1 aromatic rings. The Bertz CT molecular complexity index is 565. The topological polar surface area (TPSA) is 46.6 Å². The second kappa shape index (κ2) is 6.46. The molecule has 120 valence electrons. The van der Waals surface area contributed by atoms with Crippen LogP contribution < -0.4 is 0 Å². The number of halogens is 1. The van der Waals surface area contributed by atoms with Crippen LogP contribution in [0, 0.1) is 11.7 Å². The van der Waals surface area contributed by atoms with E-state index in [1.165, 1.54) is 17.0 Å². The Morgan fingerprint density at radius 3 is 2.59 bits per heavy atom. The van der Waals surface area contributed by atoms with Gasteiger partial charge in [0.25, 0.3) is 0 Å². The first-order valence-electron chi connectivity index (χ1n) is 7.54. The molecule has 5 heteroatoms. The zero-order chi connectivity index (χ0) is 16.3. The Kier molecular flexibility index (Phi) is 4.84. The van der Waals surface area contributed by atoms with Gasteiger partial charge in [0.2, 0.25) is 0 Å². The second-order valence-corrected chi connectivity index (χ2v) is 6.61. The number of ketones is 1. The summed E-state index contributed by atoms with van der Waals surface area (Å²) in [5.41, 5.74) is -0.474. The predicted molar refractivity (Wildman–Crippen MR) is 81.3 cm³/mol. The minimum atomic E-state index is -0.570. The molecule has 0 N–H and O–H groups in total. The maximum Gasteiger partial charge on any atom is 0.410 e. The van der Waals surface area contributed by atoms with Crippen molar-refractivity contribution in [2.45, 2.75) is 39.2 Å². The molecule has 1 atom stereocenters. The SMILES string of the molecule is CC(C)(C)OC(=O)N1CCCC(C(=O)c2ccccc2F)C1. The molecule has 22 heavy (non-hydrogen) atoms. The van der Waals surface area contributed by atoms with E-state index in [0.29, 0.717) is 19.4 Å². The molecule has 0 aromatic heterocycles. The van der Waals surface area contributed by atoms with Crippen LogP contribution in [0.15, 0.2) is 24.3 Å². The number of amides is 1. The lowest BCUT2D eigenvalue weighted by Crippen LogP contribution is -2.44. The molecular formula is C17H22FNO3. The number of piperidine rings is 1. The van der Waals surface area contributed by atoms with Gasteiger partial charge in [-0.3, -0.25) is 4.79 Å². The van der Waals surface area contributed by atoms with E-state index in [0.717, 1.165) is 0 Å². The van der Waals surface area contributed by atoms with E-state index in [4.69, 9.17) is 4.74 Å². The third-order valence-electron chi connectivity index (χ3n) is 3.58. The molecule has 1 heterocycles. The van der Waals surface area contributed by atoms with E-state index in [9.17, 15) is 14.0 Å². The Hall–Kier alpha value is -1.91. The first-order valence-corrected chi connectivity index (χ1v) is 7.54. The predicted octanol–water partition coefficient (Wildman–Crippen LogP) is 3.66. The fraction of sp³-hybridized carbons (Fsp3) is 0.529. The summed E-state index contributed by atoms with van der Waals surface area (Å²) in [6.45, 7) is 6.25. The highest BCUT2D eigenvalue weighted by molar-refractivity contribution is 5.98. The van der Waals surface area contributed by atoms with Crippen LogP contribution >= 0.6 is 0 Å². The van der Waals surface area contributed by atoms with Crippen molar-refractivity contribution in [2.24, 2.45) is 5.92 Å². The molecular weight excluding hydrogens is 285 g/mol. The van der Waals surface area contributed by atoms with Gasteiger partial charge in [-0.25, -0.2) is 9.18 Å². The molecule has 1 fully saturated rings. The van der Waals surface area contributed by atoms with Gasteiger partial charge in [-0.15, -0.1) is 0 Å². The molecule has 1 amide bonds. The van der Waals surface area contributed by atoms with Gasteiger partial charge in [0.15, 0.2) is 5.78 Å². The van der Waals surface area contributed by atoms with Gasteiger partial charge >= 0.3 is 6.09 Å². The summed E-state index contributed by atoms with van der Waals surface area (Å²) in [6, 6.07) is 5.97. The number of hydrogen-bond donors (Lipinski definition) is 0. The van der Waals surface area contributed by atoms with Gasteiger partial charge in [-0.1, -0.05) is 12.1 Å². The van der Waals surface area contributed by atoms with Crippen molar-refractivity contribution in [3.05, 3.63) is 35.6 Å². The monoisotopic (exact) mass is 307 g/mol. The van der Waals surface area contributed by atoms with E-state index >= 15 is 0 Å². The Labute approximate surface area is 130 Å². The molecule has 2 rings (SSSR count). The fourth-order valence-electron chi connectivity index (χ4n) is 2.56. The first kappa shape index (κ1) is 16.5. The quantitative estimate of drug-likeness (QED) is 0.783. The first-order chi connectivity index (χ1) is 10.3. The van der Waals surface area contributed by atoms with Crippen LogP contribution in [0.25, 0.3) is 0 Å². The molecule has 0 aliphatic carbocycles. The summed E-state index contributed by atoms with van der Waals surface area (Å²) in [7, 11) is 0. The van der Waals surface area contributed by atoms with Crippen molar-refractivity contribution in [1.29, 1.82) is 0 Å². The van der Waals surface area contributed by atoms with Gasteiger partial charge < -0.3 is 9.64 Å². The van der Waals surface area contributed by atoms with Crippen LogP contribution in [0.1, 0.15) is 44.0 Å². The molecule has 0 radical (unpaired) electrons. The van der Waals surface area contributed by atoms with Crippen LogP contribution in [-0.2, 0) is 4.74 Å². The van der Waals surface area contributed by atoms with Gasteiger partial charge in [0.05, 0.1) is 5.56 Å². The maximum absolute atomic E-state index is 13.7. The average Bonchev–Trinajstić information content (AvgIpc) is 2.45. The molecule has 4 nitrogen and oxygen atoms in total. The number of rotatable bonds is 2. The van der Waals surface area contributed by atoms with Gasteiger partial charge in [0.1, 0.15) is 11.4 Å². The molecule has 1 aromatic carbocycles. The number of Topliss-reactive ketones (excluding diaryl/α,β-unsaturated/α-hetero) is 1. The van der Waals surface area contributed by atoms with E-state index in [-0.39, 0.29) is 23.8 Å². The summed E-state index contributed by atoms with van der Waals surface area (Å²) in [5, 5.41) is 0. The van der Waals surface area contributed by atoms with E-state index in [2.05, 4.69) is 0 Å². The number of likely N-dealkylation sites (tertiary alicyclic amines) is 1. The highest BCUT2D eigenvalue weighted by atomic mass is 19.1. The lowest BCUT2D eigenvalue weighted by Gasteiger charge is -2.33. The normalized spacial score (nSPS) is 18.9. The highest BCUT2D eigenvalue weighted by Gasteiger charge is 2.32. The van der Waals surface area contributed by atoms with Gasteiger partial charge in [0, 0.05) is 19.0 Å². The summed E-state index contributed by atoms with van der Waals surface area (Å²) in [4.78, 5) is 26.1. The number of ether oxygens (including phenoxy) is 1. The van der Waals surface area contributed by atoms with Crippen molar-refractivity contribution in [2.75, 3.05) is 13.1 Å². The molecule has 0 bridgehead atoms. The number of carbonyl (C=O) groups is 2. The Morgan fingerprint density at radius 2 is 1.95 bits per heavy atom. The van der Waals surface area contributed by atoms with Crippen LogP contribution in [0.3, 0.4) is 0 Å². The highest BCUT2D eigenvalue weighted by Crippen LogP contribution is 2.23. The lowest BCUT2D eigenvalue weighted by atomic mass is 9.90. The molecule has 0 spiro atoms. The van der Waals surface area contributed by atoms with Crippen LogP contribution in [0.2, 0.25) is 0 Å². The Morgan fingerprint density at radius 1 is 1.27 bits per heavy atom. The largest absolute Gasteiger partial charge is 0.444 e. The smallest absolute Gasteiger partial charge is 0.410 e. The third-order valence-corrected chi connectivity index (χ3v) is 3.58. The Balaban J connectivity index is 2.06. The van der Waals surface area contributed by atoms with Gasteiger partial charge in [-0.2, -0.15) is 0 Å². The zero-order valence-corrected chi connectivity index (χ0v) is 13.3. The van der Waals surface area contributed by atoms with E-state index < -0.39 is 17.5 Å². The second-order valence-electron chi connectivity index (χ2n) is 6.61. The van der Waals surface area contributed by atoms with Crippen LogP contribution in [0.4, 0.5) is 9.18 Å². The molecule has 1 aliphatic heterocycles. The minimum absolute atomic E-state index is 0.0959. The summed E-state index contributed by atoms with van der Waals surface area (Å²) >= 11 is 0. The summed E-state index contributed by atoms with van der Waals surface area (Å²) in [6.07, 6.45) is 0.954. The molecule has 1 aliphatic rings. The molecule has 1 unspecified atom stereocenters. The van der Waals surface area contributed by atoms with Crippen LogP contribution in [0.5, 0.6) is 0 Å². The van der Waals surface area contributed by atoms with Crippen molar-refractivity contribution in [1.82, 2.24) is 4.90 Å². The number of nitrogens with zero attached hydrogens (tertiary/aromatic N) is 1. The maximum atomic E-state index is 13.7. The van der Waals surface area contributed by atoms with E-state index in [1.807, 2.05) is 0 Å². The van der Waals surface area contributed by atoms with Crippen molar-refractivity contribution in [3.63, 3.8) is 0 Å². The third kappa shape index (κ3) is 4.06. The number of hydrogen-bond acceptors (Lipinski definition) is 3. The zero-order valence-electron chi connectivity index (χ0n) is 13.3.